The normalized spacial score (nSPS) is 10.4. The van der Waals surface area contributed by atoms with E-state index in [0.717, 1.165) is 3.57 Å². The summed E-state index contributed by atoms with van der Waals surface area (Å²) < 4.78 is 21.8. The Labute approximate surface area is 167 Å². The van der Waals surface area contributed by atoms with Crippen LogP contribution in [0.3, 0.4) is 0 Å². The molecule has 0 saturated heterocycles. The third-order valence-corrected chi connectivity index (χ3v) is 3.77. The second-order valence-corrected chi connectivity index (χ2v) is 6.23. The lowest BCUT2D eigenvalue weighted by atomic mass is 10.2. The average molecular weight is 480 g/mol. The van der Waals surface area contributed by atoms with Crippen LogP contribution >= 0.6 is 22.6 Å². The lowest BCUT2D eigenvalue weighted by molar-refractivity contribution is 0.00631. The number of alkyl carbamates (subject to hydrolysis) is 1. The minimum atomic E-state index is -0.475. The third kappa shape index (κ3) is 11.2. The molecule has 0 aliphatic carbocycles. The highest BCUT2D eigenvalue weighted by atomic mass is 127. The molecule has 0 unspecified atom stereocenters. The van der Waals surface area contributed by atoms with Gasteiger partial charge in [0.25, 0.3) is 5.91 Å². The summed E-state index contributed by atoms with van der Waals surface area (Å²) in [6, 6.07) is 7.36. The molecule has 0 spiro atoms. The summed E-state index contributed by atoms with van der Waals surface area (Å²) in [7, 11) is 1.50. The molecule has 146 valence electrons. The van der Waals surface area contributed by atoms with Crippen molar-refractivity contribution in [3.8, 4) is 0 Å². The summed E-state index contributed by atoms with van der Waals surface area (Å²) in [5, 5.41) is 5.14. The maximum atomic E-state index is 11.9. The number of hydrogen-bond donors (Lipinski definition) is 2. The van der Waals surface area contributed by atoms with Gasteiger partial charge in [-0.2, -0.15) is 0 Å². The van der Waals surface area contributed by atoms with Crippen molar-refractivity contribution in [2.75, 3.05) is 59.8 Å². The van der Waals surface area contributed by atoms with E-state index in [9.17, 15) is 9.59 Å². The van der Waals surface area contributed by atoms with Crippen LogP contribution < -0.4 is 10.6 Å². The lowest BCUT2D eigenvalue weighted by Crippen LogP contribution is -2.27. The molecule has 1 aromatic carbocycles. The van der Waals surface area contributed by atoms with Crippen molar-refractivity contribution in [1.82, 2.24) is 10.6 Å². The number of nitrogens with one attached hydrogen (secondary N) is 2. The average Bonchev–Trinajstić information content (AvgIpc) is 2.65. The Bertz CT molecular complexity index is 526. The van der Waals surface area contributed by atoms with Gasteiger partial charge in [0.2, 0.25) is 0 Å². The molecule has 0 bridgehead atoms. The van der Waals surface area contributed by atoms with Crippen molar-refractivity contribution in [3.63, 3.8) is 0 Å². The van der Waals surface area contributed by atoms with Gasteiger partial charge in [0.15, 0.2) is 0 Å². The van der Waals surface area contributed by atoms with E-state index in [1.54, 1.807) is 12.1 Å². The van der Waals surface area contributed by atoms with Gasteiger partial charge in [-0.05, 0) is 46.9 Å². The first kappa shape index (κ1) is 22.6. The topological polar surface area (TPSA) is 95.1 Å². The lowest BCUT2D eigenvalue weighted by Gasteiger charge is -2.08. The predicted molar refractivity (Wildman–Crippen MR) is 104 cm³/mol. The first-order valence-corrected chi connectivity index (χ1v) is 9.33. The van der Waals surface area contributed by atoms with Crippen LogP contribution in [-0.2, 0) is 18.9 Å². The highest BCUT2D eigenvalue weighted by molar-refractivity contribution is 14.1. The van der Waals surface area contributed by atoms with Gasteiger partial charge >= 0.3 is 6.09 Å². The Morgan fingerprint density at radius 1 is 0.885 bits per heavy atom. The van der Waals surface area contributed by atoms with E-state index in [-0.39, 0.29) is 12.5 Å². The predicted octanol–water partition coefficient (Wildman–Crippen LogP) is 1.43. The largest absolute Gasteiger partial charge is 0.447 e. The molecule has 0 heterocycles. The summed E-state index contributed by atoms with van der Waals surface area (Å²) in [4.78, 5) is 22.6. The molecule has 0 atom stereocenters. The second kappa shape index (κ2) is 14.7. The Kier molecular flexibility index (Phi) is 12.8. The Balaban J connectivity index is 1.85. The fourth-order valence-corrected chi connectivity index (χ4v) is 2.11. The molecule has 8 nitrogen and oxygen atoms in total. The van der Waals surface area contributed by atoms with Crippen molar-refractivity contribution in [1.29, 1.82) is 0 Å². The maximum absolute atomic E-state index is 11.9. The number of amides is 2. The second-order valence-electron chi connectivity index (χ2n) is 4.99. The zero-order valence-electron chi connectivity index (χ0n) is 14.8. The van der Waals surface area contributed by atoms with Gasteiger partial charge in [-0.3, -0.25) is 4.79 Å². The zero-order valence-corrected chi connectivity index (χ0v) is 17.0. The van der Waals surface area contributed by atoms with Gasteiger partial charge in [-0.25, -0.2) is 4.79 Å². The third-order valence-electron chi connectivity index (χ3n) is 3.05. The molecule has 0 fully saturated rings. The molecular weight excluding hydrogens is 455 g/mol. The first-order valence-electron chi connectivity index (χ1n) is 8.25. The molecule has 1 rings (SSSR count). The van der Waals surface area contributed by atoms with Crippen molar-refractivity contribution < 1.29 is 28.5 Å². The molecule has 0 aromatic heterocycles. The van der Waals surface area contributed by atoms with E-state index in [2.05, 4.69) is 33.2 Å². The molecule has 2 amide bonds. The van der Waals surface area contributed by atoms with E-state index < -0.39 is 6.09 Å². The SMILES string of the molecule is CNC(=O)OCCOCCOCCOCCNC(=O)c1ccc(I)cc1. The molecule has 0 radical (unpaired) electrons. The first-order chi connectivity index (χ1) is 12.6. The highest BCUT2D eigenvalue weighted by Gasteiger charge is 2.03. The van der Waals surface area contributed by atoms with Gasteiger partial charge in [0.1, 0.15) is 6.61 Å². The highest BCUT2D eigenvalue weighted by Crippen LogP contribution is 2.06. The maximum Gasteiger partial charge on any atom is 0.406 e. The van der Waals surface area contributed by atoms with Crippen LogP contribution in [0.5, 0.6) is 0 Å². The number of ether oxygens (including phenoxy) is 4. The summed E-state index contributed by atoms with van der Waals surface area (Å²) in [5.74, 6) is -0.112. The molecule has 2 N–H and O–H groups in total. The van der Waals surface area contributed by atoms with Gasteiger partial charge in [-0.1, -0.05) is 0 Å². The Hall–Kier alpha value is -1.43. The molecule has 0 aliphatic heterocycles. The van der Waals surface area contributed by atoms with E-state index in [1.165, 1.54) is 7.05 Å². The fourth-order valence-electron chi connectivity index (χ4n) is 1.75. The minimum Gasteiger partial charge on any atom is -0.447 e. The van der Waals surface area contributed by atoms with E-state index in [0.29, 0.717) is 51.7 Å². The number of halogens is 1. The monoisotopic (exact) mass is 480 g/mol. The minimum absolute atomic E-state index is 0.112. The van der Waals surface area contributed by atoms with Gasteiger partial charge in [0.05, 0.1) is 39.6 Å². The zero-order chi connectivity index (χ0) is 19.0. The molecule has 0 aliphatic rings. The van der Waals surface area contributed by atoms with Gasteiger partial charge in [0, 0.05) is 22.7 Å². The molecule has 9 heteroatoms. The standard InChI is InChI=1S/C17H25IN2O6/c1-19-17(22)26-13-12-25-11-10-24-9-8-23-7-6-20-16(21)14-2-4-15(18)5-3-14/h2-5H,6-13H2,1H3,(H,19,22)(H,20,21). The number of hydrogen-bond acceptors (Lipinski definition) is 6. The number of carbonyl (C=O) groups excluding carboxylic acids is 2. The van der Waals surface area contributed by atoms with Crippen molar-refractivity contribution in [3.05, 3.63) is 33.4 Å². The molecule has 1 aromatic rings. The molecular formula is C17H25IN2O6. The summed E-state index contributed by atoms with van der Waals surface area (Å²) in [5.41, 5.74) is 0.634. The summed E-state index contributed by atoms with van der Waals surface area (Å²) in [6.07, 6.45) is -0.475. The van der Waals surface area contributed by atoms with Gasteiger partial charge in [-0.15, -0.1) is 0 Å². The fraction of sp³-hybridized carbons (Fsp3) is 0.529. The van der Waals surface area contributed by atoms with Crippen LogP contribution in [0.15, 0.2) is 24.3 Å². The Morgan fingerprint density at radius 3 is 2.00 bits per heavy atom. The van der Waals surface area contributed by atoms with Gasteiger partial charge < -0.3 is 29.6 Å². The van der Waals surface area contributed by atoms with Crippen LogP contribution in [0, 0.1) is 3.57 Å². The number of benzene rings is 1. The number of carbonyl (C=O) groups is 2. The van der Waals surface area contributed by atoms with Crippen molar-refractivity contribution in [2.24, 2.45) is 0 Å². The van der Waals surface area contributed by atoms with E-state index in [1.807, 2.05) is 12.1 Å². The number of rotatable bonds is 13. The van der Waals surface area contributed by atoms with Crippen LogP contribution in [0.4, 0.5) is 4.79 Å². The summed E-state index contributed by atoms with van der Waals surface area (Å²) >= 11 is 2.19. The Morgan fingerprint density at radius 2 is 1.42 bits per heavy atom. The van der Waals surface area contributed by atoms with Crippen molar-refractivity contribution in [2.45, 2.75) is 0 Å². The van der Waals surface area contributed by atoms with Crippen LogP contribution in [0.25, 0.3) is 0 Å². The van der Waals surface area contributed by atoms with Crippen LogP contribution in [-0.4, -0.2) is 71.8 Å². The quantitative estimate of drug-likeness (QED) is 0.328. The van der Waals surface area contributed by atoms with Crippen LogP contribution in [0.2, 0.25) is 0 Å². The van der Waals surface area contributed by atoms with Crippen molar-refractivity contribution >= 4 is 34.6 Å². The molecule has 26 heavy (non-hydrogen) atoms. The van der Waals surface area contributed by atoms with E-state index in [4.69, 9.17) is 18.9 Å². The smallest absolute Gasteiger partial charge is 0.406 e. The summed E-state index contributed by atoms with van der Waals surface area (Å²) in [6.45, 7) is 3.15. The van der Waals surface area contributed by atoms with E-state index >= 15 is 0 Å². The van der Waals surface area contributed by atoms with Crippen LogP contribution in [0.1, 0.15) is 10.4 Å². The molecule has 0 saturated carbocycles.